The number of phenolic OH excluding ortho intramolecular Hbond substituents is 1. The third-order valence-electron chi connectivity index (χ3n) is 4.24. The Morgan fingerprint density at radius 1 is 1.00 bits per heavy atom. The molecule has 11 nitrogen and oxygen atoms in total. The van der Waals surface area contributed by atoms with Crippen molar-refractivity contribution in [2.75, 3.05) is 6.61 Å². The molecule has 0 aromatic heterocycles. The smallest absolute Gasteiger partial charge is 0.318 e. The number of hydrogen-bond acceptors (Lipinski definition) is 8. The Kier molecular flexibility index (Phi) is 6.71. The molecule has 32 heavy (non-hydrogen) atoms. The Labute approximate surface area is 180 Å². The molecule has 3 rings (SSSR count). The number of ether oxygens (including phenoxy) is 1. The molecule has 1 amide bonds. The molecule has 0 unspecified atom stereocenters. The van der Waals surface area contributed by atoms with Crippen molar-refractivity contribution in [2.45, 2.75) is 0 Å². The van der Waals surface area contributed by atoms with Gasteiger partial charge in [0.25, 0.3) is 11.6 Å². The minimum Gasteiger partial charge on any atom is -0.502 e. The topological polar surface area (TPSA) is 157 Å². The van der Waals surface area contributed by atoms with Gasteiger partial charge in [-0.15, -0.1) is 0 Å². The molecule has 0 spiro atoms. The van der Waals surface area contributed by atoms with E-state index in [4.69, 9.17) is 4.74 Å². The van der Waals surface area contributed by atoms with Gasteiger partial charge in [0.1, 0.15) is 5.75 Å². The highest BCUT2D eigenvalue weighted by atomic mass is 16.6. The molecule has 3 aromatic rings. The molecule has 3 aromatic carbocycles. The molecule has 0 saturated carbocycles. The fourth-order valence-corrected chi connectivity index (χ4v) is 2.70. The van der Waals surface area contributed by atoms with E-state index in [-0.39, 0.29) is 12.2 Å². The fraction of sp³-hybridized carbons (Fsp3) is 0.0476. The van der Waals surface area contributed by atoms with Gasteiger partial charge in [-0.05, 0) is 23.3 Å². The van der Waals surface area contributed by atoms with Gasteiger partial charge >= 0.3 is 5.69 Å². The summed E-state index contributed by atoms with van der Waals surface area (Å²) in [6.07, 6.45) is 0.863. The van der Waals surface area contributed by atoms with Crippen LogP contribution in [-0.4, -0.2) is 33.7 Å². The SMILES string of the molecule is O=C(COc1ccc(-c2ccccc2)cc1)NN=Cc1cc([N+](=O)[O-])cc([N+](=O)[O-])c1O. The number of carbonyl (C=O) groups is 1. The number of amides is 1. The van der Waals surface area contributed by atoms with Gasteiger partial charge in [0.15, 0.2) is 6.61 Å². The molecular weight excluding hydrogens is 420 g/mol. The number of carbonyl (C=O) groups excluding carboxylic acids is 1. The lowest BCUT2D eigenvalue weighted by Crippen LogP contribution is -2.24. The monoisotopic (exact) mass is 436 g/mol. The lowest BCUT2D eigenvalue weighted by molar-refractivity contribution is -0.394. The molecule has 0 aliphatic rings. The number of nitrogens with one attached hydrogen (secondary N) is 1. The van der Waals surface area contributed by atoms with Crippen molar-refractivity contribution in [3.8, 4) is 22.6 Å². The van der Waals surface area contributed by atoms with Crippen LogP contribution >= 0.6 is 0 Å². The lowest BCUT2D eigenvalue weighted by Gasteiger charge is -2.07. The molecule has 0 aliphatic heterocycles. The van der Waals surface area contributed by atoms with E-state index in [0.717, 1.165) is 23.4 Å². The lowest BCUT2D eigenvalue weighted by atomic mass is 10.1. The summed E-state index contributed by atoms with van der Waals surface area (Å²) in [5, 5.41) is 35.3. The molecule has 0 heterocycles. The van der Waals surface area contributed by atoms with E-state index in [1.165, 1.54) is 0 Å². The molecule has 0 radical (unpaired) electrons. The average molecular weight is 436 g/mol. The Morgan fingerprint density at radius 2 is 1.66 bits per heavy atom. The van der Waals surface area contributed by atoms with Gasteiger partial charge in [-0.2, -0.15) is 5.10 Å². The normalized spacial score (nSPS) is 10.6. The predicted molar refractivity (Wildman–Crippen MR) is 115 cm³/mol. The van der Waals surface area contributed by atoms with Gasteiger partial charge in [-0.25, -0.2) is 5.43 Å². The zero-order chi connectivity index (χ0) is 23.1. The number of benzene rings is 3. The van der Waals surface area contributed by atoms with Crippen LogP contribution in [0.25, 0.3) is 11.1 Å². The van der Waals surface area contributed by atoms with Crippen molar-refractivity contribution in [1.29, 1.82) is 0 Å². The zero-order valence-electron chi connectivity index (χ0n) is 16.4. The number of non-ortho nitro benzene ring substituents is 1. The van der Waals surface area contributed by atoms with Crippen molar-refractivity contribution in [2.24, 2.45) is 5.10 Å². The largest absolute Gasteiger partial charge is 0.502 e. The molecule has 0 aliphatic carbocycles. The van der Waals surface area contributed by atoms with Crippen LogP contribution in [0.15, 0.2) is 71.8 Å². The quantitative estimate of drug-likeness (QED) is 0.311. The maximum Gasteiger partial charge on any atom is 0.318 e. The van der Waals surface area contributed by atoms with Crippen molar-refractivity contribution in [3.63, 3.8) is 0 Å². The van der Waals surface area contributed by atoms with Crippen LogP contribution in [0.2, 0.25) is 0 Å². The third kappa shape index (κ3) is 5.42. The number of nitro benzene ring substituents is 2. The van der Waals surface area contributed by atoms with Crippen LogP contribution in [0.1, 0.15) is 5.56 Å². The zero-order valence-corrected chi connectivity index (χ0v) is 16.4. The average Bonchev–Trinajstić information content (AvgIpc) is 2.79. The Balaban J connectivity index is 1.59. The fourth-order valence-electron chi connectivity index (χ4n) is 2.70. The molecule has 162 valence electrons. The molecule has 0 atom stereocenters. The van der Waals surface area contributed by atoms with Crippen LogP contribution in [0.5, 0.6) is 11.5 Å². The second-order valence-electron chi connectivity index (χ2n) is 6.39. The summed E-state index contributed by atoms with van der Waals surface area (Å²) in [6.45, 7) is -0.372. The first-order valence-electron chi connectivity index (χ1n) is 9.11. The van der Waals surface area contributed by atoms with Crippen LogP contribution in [0, 0.1) is 20.2 Å². The van der Waals surface area contributed by atoms with Gasteiger partial charge in [0.2, 0.25) is 5.75 Å². The Hall–Kier alpha value is -4.80. The predicted octanol–water partition coefficient (Wildman–Crippen LogP) is 3.40. The van der Waals surface area contributed by atoms with E-state index < -0.39 is 32.9 Å². The summed E-state index contributed by atoms with van der Waals surface area (Å²) in [5.74, 6) is -1.00. The standard InChI is InChI=1S/C21H16N4O7/c26-20(13-32-18-8-6-15(7-9-18)14-4-2-1-3-5-14)23-22-12-16-10-17(24(28)29)11-19(21(16)27)25(30)31/h1-12,27H,13H2,(H,23,26). The van der Waals surface area contributed by atoms with E-state index in [1.54, 1.807) is 12.1 Å². The highest BCUT2D eigenvalue weighted by molar-refractivity contribution is 5.88. The number of hydrazone groups is 1. The summed E-state index contributed by atoms with van der Waals surface area (Å²) in [4.78, 5) is 31.9. The highest BCUT2D eigenvalue weighted by Crippen LogP contribution is 2.33. The van der Waals surface area contributed by atoms with E-state index in [2.05, 4.69) is 10.5 Å². The molecule has 11 heteroatoms. The van der Waals surface area contributed by atoms with E-state index in [1.807, 2.05) is 42.5 Å². The van der Waals surface area contributed by atoms with Crippen LogP contribution in [-0.2, 0) is 4.79 Å². The minimum absolute atomic E-state index is 0.302. The number of aromatic hydroxyl groups is 1. The number of phenols is 1. The van der Waals surface area contributed by atoms with E-state index in [9.17, 15) is 30.1 Å². The van der Waals surface area contributed by atoms with Crippen LogP contribution in [0.3, 0.4) is 0 Å². The van der Waals surface area contributed by atoms with E-state index in [0.29, 0.717) is 11.8 Å². The molecule has 0 fully saturated rings. The van der Waals surface area contributed by atoms with Gasteiger partial charge in [0, 0.05) is 6.07 Å². The number of nitro groups is 2. The van der Waals surface area contributed by atoms with E-state index >= 15 is 0 Å². The second kappa shape index (κ2) is 9.80. The molecular formula is C21H16N4O7. The summed E-state index contributed by atoms with van der Waals surface area (Å²) < 4.78 is 5.37. The summed E-state index contributed by atoms with van der Waals surface area (Å²) in [7, 11) is 0. The van der Waals surface area contributed by atoms with Gasteiger partial charge in [0.05, 0.1) is 27.7 Å². The van der Waals surface area contributed by atoms with Crippen molar-refractivity contribution in [3.05, 3.63) is 92.5 Å². The molecule has 0 saturated heterocycles. The van der Waals surface area contributed by atoms with Gasteiger partial charge in [-0.3, -0.25) is 25.0 Å². The first-order valence-corrected chi connectivity index (χ1v) is 9.11. The number of nitrogens with zero attached hydrogens (tertiary/aromatic N) is 3. The second-order valence-corrected chi connectivity index (χ2v) is 6.39. The first-order chi connectivity index (χ1) is 15.3. The maximum absolute atomic E-state index is 11.9. The summed E-state index contributed by atoms with van der Waals surface area (Å²) in [6, 6.07) is 18.3. The highest BCUT2D eigenvalue weighted by Gasteiger charge is 2.23. The van der Waals surface area contributed by atoms with Gasteiger partial charge < -0.3 is 9.84 Å². The number of rotatable bonds is 8. The first kappa shape index (κ1) is 21.9. The Bertz CT molecular complexity index is 1180. The van der Waals surface area contributed by atoms with Crippen LogP contribution < -0.4 is 10.2 Å². The third-order valence-corrected chi connectivity index (χ3v) is 4.24. The van der Waals surface area contributed by atoms with Crippen molar-refractivity contribution >= 4 is 23.5 Å². The van der Waals surface area contributed by atoms with Crippen molar-refractivity contribution in [1.82, 2.24) is 5.43 Å². The number of hydrogen-bond donors (Lipinski definition) is 2. The van der Waals surface area contributed by atoms with Crippen molar-refractivity contribution < 1.29 is 24.5 Å². The van der Waals surface area contributed by atoms with Crippen LogP contribution in [0.4, 0.5) is 11.4 Å². The maximum atomic E-state index is 11.9. The minimum atomic E-state index is -0.963. The summed E-state index contributed by atoms with van der Waals surface area (Å²) in [5.41, 5.74) is 2.38. The Morgan fingerprint density at radius 3 is 2.28 bits per heavy atom. The summed E-state index contributed by atoms with van der Waals surface area (Å²) >= 11 is 0. The molecule has 2 N–H and O–H groups in total. The van der Waals surface area contributed by atoms with Gasteiger partial charge in [-0.1, -0.05) is 42.5 Å². The molecule has 0 bridgehead atoms.